The first kappa shape index (κ1) is 14.6. The highest BCUT2D eigenvalue weighted by atomic mass is 19.1. The molecule has 5 heteroatoms. The Morgan fingerprint density at radius 2 is 2.06 bits per heavy atom. The lowest BCUT2D eigenvalue weighted by Crippen LogP contribution is -2.44. The molecular formula is C13H18FNO3. The highest BCUT2D eigenvalue weighted by Crippen LogP contribution is 2.28. The molecule has 0 fully saturated rings. The van der Waals surface area contributed by atoms with E-state index in [1.807, 2.05) is 6.92 Å². The van der Waals surface area contributed by atoms with E-state index < -0.39 is 17.2 Å². The maximum Gasteiger partial charge on any atom is 0.315 e. The van der Waals surface area contributed by atoms with Gasteiger partial charge in [0, 0.05) is 19.8 Å². The number of aliphatic carboxylic acids is 1. The van der Waals surface area contributed by atoms with Crippen LogP contribution in [0.1, 0.15) is 18.9 Å². The summed E-state index contributed by atoms with van der Waals surface area (Å²) < 4.78 is 18.1. The molecule has 18 heavy (non-hydrogen) atoms. The number of rotatable bonds is 7. The van der Waals surface area contributed by atoms with Crippen molar-refractivity contribution in [3.05, 3.63) is 35.6 Å². The van der Waals surface area contributed by atoms with Crippen molar-refractivity contribution in [1.29, 1.82) is 0 Å². The fourth-order valence-electron chi connectivity index (χ4n) is 1.84. The lowest BCUT2D eigenvalue weighted by atomic mass is 9.78. The molecule has 0 saturated carbocycles. The van der Waals surface area contributed by atoms with Gasteiger partial charge in [-0.3, -0.25) is 4.79 Å². The molecule has 1 rings (SSSR count). The second-order valence-electron chi connectivity index (χ2n) is 4.05. The summed E-state index contributed by atoms with van der Waals surface area (Å²) >= 11 is 0. The minimum Gasteiger partial charge on any atom is -0.481 e. The maximum absolute atomic E-state index is 12.9. The normalized spacial score (nSPS) is 14.2. The molecule has 1 unspecified atom stereocenters. The molecule has 1 aromatic carbocycles. The van der Waals surface area contributed by atoms with Crippen molar-refractivity contribution < 1.29 is 19.0 Å². The number of nitrogens with two attached hydrogens (primary N) is 1. The largest absolute Gasteiger partial charge is 0.481 e. The zero-order valence-electron chi connectivity index (χ0n) is 10.4. The lowest BCUT2D eigenvalue weighted by molar-refractivity contribution is -0.144. The molecule has 0 aliphatic rings. The van der Waals surface area contributed by atoms with Crippen LogP contribution < -0.4 is 5.73 Å². The molecule has 0 aliphatic carbocycles. The molecule has 4 nitrogen and oxygen atoms in total. The van der Waals surface area contributed by atoms with Crippen molar-refractivity contribution in [2.24, 2.45) is 5.73 Å². The molecule has 0 radical (unpaired) electrons. The lowest BCUT2D eigenvalue weighted by Gasteiger charge is -2.28. The van der Waals surface area contributed by atoms with Gasteiger partial charge in [0.1, 0.15) is 11.2 Å². The molecule has 100 valence electrons. The van der Waals surface area contributed by atoms with Gasteiger partial charge in [0.2, 0.25) is 0 Å². The number of halogens is 1. The molecule has 0 aromatic heterocycles. The van der Waals surface area contributed by atoms with Crippen LogP contribution in [0, 0.1) is 5.82 Å². The molecule has 0 aliphatic heterocycles. The summed E-state index contributed by atoms with van der Waals surface area (Å²) in [6, 6.07) is 5.40. The van der Waals surface area contributed by atoms with E-state index in [1.165, 1.54) is 24.3 Å². The summed E-state index contributed by atoms with van der Waals surface area (Å²) in [6.45, 7) is 2.60. The Hall–Kier alpha value is -1.46. The minimum atomic E-state index is -1.22. The van der Waals surface area contributed by atoms with Gasteiger partial charge in [-0.25, -0.2) is 4.39 Å². The van der Waals surface area contributed by atoms with Crippen molar-refractivity contribution in [3.8, 4) is 0 Å². The molecule has 1 atom stereocenters. The standard InChI is InChI=1S/C13H18FNO3/c1-2-18-8-7-13(9-15,12(16)17)10-3-5-11(14)6-4-10/h3-6H,2,7-9,15H2,1H3,(H,16,17). The van der Waals surface area contributed by atoms with Crippen LogP contribution in [0.5, 0.6) is 0 Å². The van der Waals surface area contributed by atoms with Crippen LogP contribution in [-0.2, 0) is 14.9 Å². The maximum atomic E-state index is 12.9. The van der Waals surface area contributed by atoms with Gasteiger partial charge in [-0.2, -0.15) is 0 Å². The van der Waals surface area contributed by atoms with E-state index in [2.05, 4.69) is 0 Å². The summed E-state index contributed by atoms with van der Waals surface area (Å²) in [4.78, 5) is 11.5. The summed E-state index contributed by atoms with van der Waals surface area (Å²) in [5, 5.41) is 9.42. The van der Waals surface area contributed by atoms with Crippen LogP contribution in [0.4, 0.5) is 4.39 Å². The van der Waals surface area contributed by atoms with E-state index in [4.69, 9.17) is 10.5 Å². The van der Waals surface area contributed by atoms with Crippen LogP contribution in [0.15, 0.2) is 24.3 Å². The summed E-state index contributed by atoms with van der Waals surface area (Å²) in [5.74, 6) is -1.42. The van der Waals surface area contributed by atoms with Crippen molar-refractivity contribution in [3.63, 3.8) is 0 Å². The quantitative estimate of drug-likeness (QED) is 0.725. The molecule has 0 saturated heterocycles. The average molecular weight is 255 g/mol. The topological polar surface area (TPSA) is 72.5 Å². The van der Waals surface area contributed by atoms with Gasteiger partial charge in [-0.05, 0) is 31.0 Å². The van der Waals surface area contributed by atoms with E-state index in [9.17, 15) is 14.3 Å². The molecule has 0 spiro atoms. The number of carboxylic acid groups (broad SMARTS) is 1. The van der Waals surface area contributed by atoms with Gasteiger partial charge < -0.3 is 15.6 Å². The Labute approximate surface area is 106 Å². The van der Waals surface area contributed by atoms with Crippen LogP contribution in [0.3, 0.4) is 0 Å². The number of hydrogen-bond acceptors (Lipinski definition) is 3. The van der Waals surface area contributed by atoms with Crippen molar-refractivity contribution in [2.45, 2.75) is 18.8 Å². The monoisotopic (exact) mass is 255 g/mol. The van der Waals surface area contributed by atoms with Crippen LogP contribution in [-0.4, -0.2) is 30.8 Å². The highest BCUT2D eigenvalue weighted by Gasteiger charge is 2.38. The van der Waals surface area contributed by atoms with Crippen LogP contribution in [0.25, 0.3) is 0 Å². The van der Waals surface area contributed by atoms with Gasteiger partial charge in [-0.15, -0.1) is 0 Å². The summed E-state index contributed by atoms with van der Waals surface area (Å²) in [5.41, 5.74) is 4.91. The Bertz CT molecular complexity index is 394. The van der Waals surface area contributed by atoms with Gasteiger partial charge >= 0.3 is 5.97 Å². The third-order valence-electron chi connectivity index (χ3n) is 3.03. The van der Waals surface area contributed by atoms with Crippen molar-refractivity contribution >= 4 is 5.97 Å². The predicted molar refractivity (Wildman–Crippen MR) is 65.9 cm³/mol. The van der Waals surface area contributed by atoms with E-state index in [0.29, 0.717) is 18.8 Å². The fourth-order valence-corrected chi connectivity index (χ4v) is 1.84. The van der Waals surface area contributed by atoms with E-state index in [-0.39, 0.29) is 13.0 Å². The SMILES string of the molecule is CCOCCC(CN)(C(=O)O)c1ccc(F)cc1. The smallest absolute Gasteiger partial charge is 0.315 e. The summed E-state index contributed by atoms with van der Waals surface area (Å²) in [7, 11) is 0. The number of benzene rings is 1. The number of carbonyl (C=O) groups is 1. The first-order valence-corrected chi connectivity index (χ1v) is 5.84. The van der Waals surface area contributed by atoms with E-state index in [1.54, 1.807) is 0 Å². The number of hydrogen-bond donors (Lipinski definition) is 2. The molecule has 0 amide bonds. The van der Waals surface area contributed by atoms with Crippen LogP contribution in [0.2, 0.25) is 0 Å². The Kier molecular flexibility index (Phi) is 5.25. The predicted octanol–water partition coefficient (Wildman–Crippen LogP) is 1.53. The highest BCUT2D eigenvalue weighted by molar-refractivity contribution is 5.81. The second-order valence-corrected chi connectivity index (χ2v) is 4.05. The molecule has 1 aromatic rings. The van der Waals surface area contributed by atoms with Crippen LogP contribution >= 0.6 is 0 Å². The second kappa shape index (κ2) is 6.47. The summed E-state index contributed by atoms with van der Waals surface area (Å²) in [6.07, 6.45) is 0.262. The zero-order chi connectivity index (χ0) is 13.6. The number of carboxylic acids is 1. The Morgan fingerprint density at radius 1 is 1.44 bits per heavy atom. The number of ether oxygens (including phenoxy) is 1. The Balaban J connectivity index is 3.02. The average Bonchev–Trinajstić information content (AvgIpc) is 2.36. The van der Waals surface area contributed by atoms with Crippen molar-refractivity contribution in [2.75, 3.05) is 19.8 Å². The van der Waals surface area contributed by atoms with Gasteiger partial charge in [0.15, 0.2) is 0 Å². The van der Waals surface area contributed by atoms with Gasteiger partial charge in [-0.1, -0.05) is 12.1 Å². The Morgan fingerprint density at radius 3 is 2.50 bits per heavy atom. The van der Waals surface area contributed by atoms with E-state index in [0.717, 1.165) is 0 Å². The molecule has 0 bridgehead atoms. The van der Waals surface area contributed by atoms with Gasteiger partial charge in [0.25, 0.3) is 0 Å². The third-order valence-corrected chi connectivity index (χ3v) is 3.03. The molecular weight excluding hydrogens is 237 g/mol. The third kappa shape index (κ3) is 3.05. The van der Waals surface area contributed by atoms with Gasteiger partial charge in [0.05, 0.1) is 0 Å². The first-order chi connectivity index (χ1) is 8.56. The first-order valence-electron chi connectivity index (χ1n) is 5.84. The fraction of sp³-hybridized carbons (Fsp3) is 0.462. The van der Waals surface area contributed by atoms with Crippen molar-refractivity contribution in [1.82, 2.24) is 0 Å². The van der Waals surface area contributed by atoms with E-state index >= 15 is 0 Å². The molecule has 0 heterocycles. The zero-order valence-corrected chi connectivity index (χ0v) is 10.4. The minimum absolute atomic E-state index is 0.0545. The molecule has 3 N–H and O–H groups in total.